The molecule has 13 nitrogen and oxygen atoms in total. The van der Waals surface area contributed by atoms with Crippen LogP contribution in [-0.2, 0) is 24.3 Å². The topological polar surface area (TPSA) is 179 Å². The number of aliphatic imine (C=N–C) groups is 1. The van der Waals surface area contributed by atoms with Gasteiger partial charge in [-0.2, -0.15) is 4.72 Å². The van der Waals surface area contributed by atoms with Crippen LogP contribution in [0.4, 0.5) is 5.69 Å². The zero-order valence-electron chi connectivity index (χ0n) is 21.4. The first kappa shape index (κ1) is 29.2. The molecule has 2 heterocycles. The predicted octanol–water partition coefficient (Wildman–Crippen LogP) is -0.350. The SMILES string of the molecule is CC(=O)OCCCS(=O)(=O)NC(CNC(=O)c1ccc(N2CCCC(NC3=NCCCN3)C2)cc1)C(=O)O. The summed E-state index contributed by atoms with van der Waals surface area (Å²) < 4.78 is 31.1. The van der Waals surface area contributed by atoms with E-state index in [1.165, 1.54) is 6.92 Å². The second-order valence-corrected chi connectivity index (χ2v) is 11.1. The minimum atomic E-state index is -3.96. The average Bonchev–Trinajstić information content (AvgIpc) is 2.89. The lowest BCUT2D eigenvalue weighted by Gasteiger charge is -2.35. The Morgan fingerprint density at radius 3 is 2.66 bits per heavy atom. The quantitative estimate of drug-likeness (QED) is 0.170. The second kappa shape index (κ2) is 14.0. The standard InChI is InChI=1S/C24H36N6O7S/c1-17(31)37-13-4-14-38(35,36)29-21(23(33)34)15-27-22(32)18-6-8-20(9-7-18)30-12-2-5-19(16-30)28-24-25-10-3-11-26-24/h6-9,19,21,29H,2-5,10-16H2,1H3,(H,27,32)(H,33,34)(H2,25,26,28). The molecule has 1 fully saturated rings. The highest BCUT2D eigenvalue weighted by atomic mass is 32.2. The summed E-state index contributed by atoms with van der Waals surface area (Å²) in [5.41, 5.74) is 1.30. The predicted molar refractivity (Wildman–Crippen MR) is 142 cm³/mol. The first-order valence-corrected chi connectivity index (χ1v) is 14.3. The number of hydrogen-bond donors (Lipinski definition) is 5. The first-order chi connectivity index (χ1) is 18.1. The number of anilines is 1. The van der Waals surface area contributed by atoms with Crippen LogP contribution in [-0.4, -0.2) is 94.5 Å². The van der Waals surface area contributed by atoms with Gasteiger partial charge in [0.05, 0.1) is 12.4 Å². The van der Waals surface area contributed by atoms with E-state index in [1.807, 2.05) is 12.1 Å². The molecule has 0 radical (unpaired) electrons. The molecule has 2 atom stereocenters. The van der Waals surface area contributed by atoms with Crippen molar-refractivity contribution in [3.8, 4) is 0 Å². The van der Waals surface area contributed by atoms with Crippen LogP contribution in [0.1, 0.15) is 43.0 Å². The number of guanidine groups is 1. The minimum Gasteiger partial charge on any atom is -0.480 e. The fourth-order valence-corrected chi connectivity index (χ4v) is 5.43. The molecular weight excluding hydrogens is 516 g/mol. The molecule has 0 aromatic heterocycles. The van der Waals surface area contributed by atoms with Gasteiger partial charge in [0.15, 0.2) is 5.96 Å². The van der Waals surface area contributed by atoms with E-state index in [0.717, 1.165) is 57.1 Å². The molecule has 1 amide bonds. The van der Waals surface area contributed by atoms with Gasteiger partial charge in [-0.3, -0.25) is 19.4 Å². The van der Waals surface area contributed by atoms with E-state index in [9.17, 15) is 27.9 Å². The zero-order valence-corrected chi connectivity index (χ0v) is 22.3. The summed E-state index contributed by atoms with van der Waals surface area (Å²) in [6.45, 7) is 4.11. The van der Waals surface area contributed by atoms with E-state index in [4.69, 9.17) is 0 Å². The smallest absolute Gasteiger partial charge is 0.323 e. The molecular formula is C24H36N6O7S. The molecule has 38 heavy (non-hydrogen) atoms. The van der Waals surface area contributed by atoms with Crippen LogP contribution in [0.5, 0.6) is 0 Å². The Kier molecular flexibility index (Phi) is 10.7. The van der Waals surface area contributed by atoms with E-state index in [-0.39, 0.29) is 19.1 Å². The van der Waals surface area contributed by atoms with Gasteiger partial charge in [0.2, 0.25) is 10.0 Å². The summed E-state index contributed by atoms with van der Waals surface area (Å²) >= 11 is 0. The van der Waals surface area contributed by atoms with Crippen molar-refractivity contribution in [2.45, 2.75) is 44.7 Å². The highest BCUT2D eigenvalue weighted by Gasteiger charge is 2.25. The van der Waals surface area contributed by atoms with Crippen LogP contribution in [0.15, 0.2) is 29.3 Å². The molecule has 14 heteroatoms. The fourth-order valence-electron chi connectivity index (χ4n) is 4.19. The van der Waals surface area contributed by atoms with Gasteiger partial charge in [-0.15, -0.1) is 0 Å². The monoisotopic (exact) mass is 552 g/mol. The lowest BCUT2D eigenvalue weighted by atomic mass is 10.0. The summed E-state index contributed by atoms with van der Waals surface area (Å²) in [5.74, 6) is -2.05. The Morgan fingerprint density at radius 1 is 1.24 bits per heavy atom. The number of amides is 1. The molecule has 1 aromatic rings. The molecule has 0 spiro atoms. The number of aliphatic carboxylic acids is 1. The third kappa shape index (κ3) is 9.49. The number of piperidine rings is 1. The van der Waals surface area contributed by atoms with Crippen LogP contribution < -0.4 is 25.6 Å². The molecule has 5 N–H and O–H groups in total. The van der Waals surface area contributed by atoms with Crippen molar-refractivity contribution in [1.29, 1.82) is 0 Å². The summed E-state index contributed by atoms with van der Waals surface area (Å²) in [7, 11) is -3.96. The molecule has 0 saturated carbocycles. The Labute approximate surface area is 222 Å². The maximum absolute atomic E-state index is 12.6. The molecule has 2 aliphatic heterocycles. The van der Waals surface area contributed by atoms with E-state index >= 15 is 0 Å². The lowest BCUT2D eigenvalue weighted by molar-refractivity contribution is -0.141. The number of ether oxygens (including phenoxy) is 1. The molecule has 0 aliphatic carbocycles. The Balaban J connectivity index is 1.49. The zero-order chi connectivity index (χ0) is 27.5. The third-order valence-corrected chi connectivity index (χ3v) is 7.57. The number of carbonyl (C=O) groups is 3. The van der Waals surface area contributed by atoms with Gasteiger partial charge in [0.25, 0.3) is 5.91 Å². The second-order valence-electron chi connectivity index (χ2n) is 9.22. The average molecular weight is 553 g/mol. The molecule has 210 valence electrons. The van der Waals surface area contributed by atoms with Crippen LogP contribution in [0, 0.1) is 0 Å². The first-order valence-electron chi connectivity index (χ1n) is 12.7. The molecule has 1 aromatic carbocycles. The summed E-state index contributed by atoms with van der Waals surface area (Å²) in [5, 5.41) is 18.6. The number of nitrogens with zero attached hydrogens (tertiary/aromatic N) is 2. The van der Waals surface area contributed by atoms with E-state index in [0.29, 0.717) is 5.56 Å². The van der Waals surface area contributed by atoms with E-state index in [1.54, 1.807) is 12.1 Å². The van der Waals surface area contributed by atoms with Crippen molar-refractivity contribution < 1.29 is 32.6 Å². The van der Waals surface area contributed by atoms with E-state index in [2.05, 4.69) is 35.3 Å². The van der Waals surface area contributed by atoms with Crippen LogP contribution in [0.25, 0.3) is 0 Å². The van der Waals surface area contributed by atoms with Gasteiger partial charge in [-0.25, -0.2) is 8.42 Å². The maximum Gasteiger partial charge on any atom is 0.323 e. The van der Waals surface area contributed by atoms with Crippen molar-refractivity contribution in [2.24, 2.45) is 4.99 Å². The number of sulfonamides is 1. The van der Waals surface area contributed by atoms with Crippen molar-refractivity contribution in [1.82, 2.24) is 20.7 Å². The number of esters is 1. The van der Waals surface area contributed by atoms with Gasteiger partial charge >= 0.3 is 11.9 Å². The Morgan fingerprint density at radius 2 is 2.00 bits per heavy atom. The van der Waals surface area contributed by atoms with Gasteiger partial charge in [0, 0.05) is 56.9 Å². The number of benzene rings is 1. The summed E-state index contributed by atoms with van der Waals surface area (Å²) in [4.78, 5) is 41.6. The molecule has 2 aliphatic rings. The molecule has 1 saturated heterocycles. The van der Waals surface area contributed by atoms with Gasteiger partial charge in [0.1, 0.15) is 6.04 Å². The minimum absolute atomic E-state index is 0.0133. The maximum atomic E-state index is 12.6. The van der Waals surface area contributed by atoms with Gasteiger partial charge in [-0.1, -0.05) is 0 Å². The van der Waals surface area contributed by atoms with Crippen molar-refractivity contribution in [3.05, 3.63) is 29.8 Å². The summed E-state index contributed by atoms with van der Waals surface area (Å²) in [6, 6.07) is 5.71. The largest absolute Gasteiger partial charge is 0.480 e. The van der Waals surface area contributed by atoms with Crippen molar-refractivity contribution in [2.75, 3.05) is 50.0 Å². The van der Waals surface area contributed by atoms with Crippen molar-refractivity contribution in [3.63, 3.8) is 0 Å². The van der Waals surface area contributed by atoms with Crippen LogP contribution in [0.3, 0.4) is 0 Å². The number of carbonyl (C=O) groups excluding carboxylic acids is 2. The highest BCUT2D eigenvalue weighted by molar-refractivity contribution is 7.89. The molecule has 3 rings (SSSR count). The summed E-state index contributed by atoms with van der Waals surface area (Å²) in [6.07, 6.45) is 3.11. The normalized spacial score (nSPS) is 18.5. The van der Waals surface area contributed by atoms with Crippen LogP contribution in [0.2, 0.25) is 0 Å². The van der Waals surface area contributed by atoms with Gasteiger partial charge in [-0.05, 0) is 49.9 Å². The number of carboxylic acid groups (broad SMARTS) is 1. The van der Waals surface area contributed by atoms with Gasteiger partial charge < -0.3 is 30.7 Å². The number of rotatable bonds is 12. The lowest BCUT2D eigenvalue weighted by Crippen LogP contribution is -2.52. The Bertz CT molecular complexity index is 1110. The number of hydrogen-bond acceptors (Lipinski definition) is 10. The Hall–Kier alpha value is -3.39. The third-order valence-electron chi connectivity index (χ3n) is 6.10. The van der Waals surface area contributed by atoms with E-state index < -0.39 is 46.2 Å². The molecule has 0 bridgehead atoms. The van der Waals surface area contributed by atoms with Crippen molar-refractivity contribution >= 4 is 39.5 Å². The fraction of sp³-hybridized carbons (Fsp3) is 0.583. The molecule has 2 unspecified atom stereocenters. The number of carboxylic acids is 1. The number of nitrogens with one attached hydrogen (secondary N) is 4. The van der Waals surface area contributed by atoms with Crippen LogP contribution >= 0.6 is 0 Å². The highest BCUT2D eigenvalue weighted by Crippen LogP contribution is 2.21.